The highest BCUT2D eigenvalue weighted by Crippen LogP contribution is 2.48. The van der Waals surface area contributed by atoms with E-state index >= 15 is 0 Å². The molecule has 1 N–H and O–H groups in total. The zero-order valence-electron chi connectivity index (χ0n) is 16.7. The van der Waals surface area contributed by atoms with Crippen LogP contribution in [-0.4, -0.2) is 41.9 Å². The van der Waals surface area contributed by atoms with Crippen molar-refractivity contribution in [2.45, 2.75) is 32.7 Å². The van der Waals surface area contributed by atoms with Crippen LogP contribution in [0, 0.1) is 5.41 Å². The number of carbonyl (C=O) groups is 1. The minimum Gasteiger partial charge on any atom is -0.496 e. The van der Waals surface area contributed by atoms with Gasteiger partial charge in [0.15, 0.2) is 17.3 Å². The minimum absolute atomic E-state index is 0.0988. The van der Waals surface area contributed by atoms with E-state index in [1.54, 1.807) is 32.1 Å². The fourth-order valence-corrected chi connectivity index (χ4v) is 4.10. The topological polar surface area (TPSA) is 87.5 Å². The summed E-state index contributed by atoms with van der Waals surface area (Å²) >= 11 is 0. The summed E-state index contributed by atoms with van der Waals surface area (Å²) in [7, 11) is 4.75. The Hall–Kier alpha value is -3.03. The summed E-state index contributed by atoms with van der Waals surface area (Å²) in [5.41, 5.74) is 2.25. The van der Waals surface area contributed by atoms with Crippen molar-refractivity contribution >= 4 is 11.7 Å². The number of allylic oxidation sites excluding steroid dienone is 2. The fourth-order valence-electron chi connectivity index (χ4n) is 4.10. The fraction of sp³-hybridized carbons (Fsp3) is 0.450. The molecule has 2 aliphatic rings. The molecule has 1 aromatic carbocycles. The molecule has 4 rings (SSSR count). The molecule has 28 heavy (non-hydrogen) atoms. The van der Waals surface area contributed by atoms with Crippen molar-refractivity contribution in [3.05, 3.63) is 35.3 Å². The predicted octanol–water partition coefficient (Wildman–Crippen LogP) is 2.96. The summed E-state index contributed by atoms with van der Waals surface area (Å²) < 4.78 is 18.2. The number of rotatable bonds is 4. The average molecular weight is 384 g/mol. The van der Waals surface area contributed by atoms with Gasteiger partial charge in [-0.2, -0.15) is 10.1 Å². The van der Waals surface area contributed by atoms with Crippen LogP contribution in [0.15, 0.2) is 29.7 Å². The van der Waals surface area contributed by atoms with Crippen LogP contribution in [0.1, 0.15) is 38.3 Å². The molecule has 1 atom stereocenters. The first kappa shape index (κ1) is 18.3. The third kappa shape index (κ3) is 2.80. The summed E-state index contributed by atoms with van der Waals surface area (Å²) in [5.74, 6) is 2.41. The standard InChI is InChI=1S/C20H24N4O4/c1-20(2)8-12-17(13(25)9-20)18(24-19(23-12)21-10-22-24)11-6-15(27-4)16(28-5)7-14(11)26-3/h6-7,10,18H,8-9H2,1-5H3,(H,21,22,23)/t18-/m0/s1. The smallest absolute Gasteiger partial charge is 0.226 e. The van der Waals surface area contributed by atoms with E-state index in [4.69, 9.17) is 14.2 Å². The number of Topliss-reactive ketones (excluding diaryl/α,β-unsaturated/α-hetero) is 1. The summed E-state index contributed by atoms with van der Waals surface area (Å²) in [6.45, 7) is 4.20. The van der Waals surface area contributed by atoms with Gasteiger partial charge in [0.25, 0.3) is 0 Å². The van der Waals surface area contributed by atoms with Crippen molar-refractivity contribution in [2.75, 3.05) is 26.6 Å². The van der Waals surface area contributed by atoms with Crippen LogP contribution in [0.25, 0.3) is 0 Å². The molecule has 0 fully saturated rings. The first-order valence-electron chi connectivity index (χ1n) is 9.11. The summed E-state index contributed by atoms with van der Waals surface area (Å²) in [6, 6.07) is 3.16. The van der Waals surface area contributed by atoms with Gasteiger partial charge in [-0.25, -0.2) is 4.68 Å². The second-order valence-corrected chi connectivity index (χ2v) is 7.84. The summed E-state index contributed by atoms with van der Waals surface area (Å²) in [4.78, 5) is 17.5. The maximum atomic E-state index is 13.2. The lowest BCUT2D eigenvalue weighted by atomic mass is 9.73. The number of aromatic nitrogens is 3. The Morgan fingerprint density at radius 1 is 1.07 bits per heavy atom. The van der Waals surface area contributed by atoms with Gasteiger partial charge >= 0.3 is 0 Å². The van der Waals surface area contributed by atoms with Gasteiger partial charge in [-0.05, 0) is 17.9 Å². The molecule has 8 heteroatoms. The van der Waals surface area contributed by atoms with Crippen molar-refractivity contribution in [3.63, 3.8) is 0 Å². The molecule has 0 spiro atoms. The molecule has 0 saturated carbocycles. The minimum atomic E-state index is -0.452. The number of benzene rings is 1. The van der Waals surface area contributed by atoms with E-state index < -0.39 is 6.04 Å². The lowest BCUT2D eigenvalue weighted by molar-refractivity contribution is -0.118. The van der Waals surface area contributed by atoms with Crippen molar-refractivity contribution in [1.82, 2.24) is 14.8 Å². The van der Waals surface area contributed by atoms with E-state index in [0.717, 1.165) is 17.7 Å². The van der Waals surface area contributed by atoms with Gasteiger partial charge < -0.3 is 19.5 Å². The predicted molar refractivity (Wildman–Crippen MR) is 103 cm³/mol. The molecule has 8 nitrogen and oxygen atoms in total. The van der Waals surface area contributed by atoms with Gasteiger partial charge in [-0.15, -0.1) is 0 Å². The van der Waals surface area contributed by atoms with Crippen LogP contribution in [0.5, 0.6) is 17.2 Å². The summed E-state index contributed by atoms with van der Waals surface area (Å²) in [5, 5.41) is 7.68. The number of hydrogen-bond donors (Lipinski definition) is 1. The lowest BCUT2D eigenvalue weighted by Crippen LogP contribution is -2.36. The Bertz CT molecular complexity index is 977. The van der Waals surface area contributed by atoms with E-state index in [9.17, 15) is 4.79 Å². The first-order chi connectivity index (χ1) is 13.4. The van der Waals surface area contributed by atoms with Crippen molar-refractivity contribution < 1.29 is 19.0 Å². The van der Waals surface area contributed by atoms with Crippen LogP contribution < -0.4 is 19.5 Å². The molecule has 2 heterocycles. The highest BCUT2D eigenvalue weighted by molar-refractivity contribution is 6.00. The number of methoxy groups -OCH3 is 3. The molecular formula is C20H24N4O4. The molecule has 0 bridgehead atoms. The highest BCUT2D eigenvalue weighted by atomic mass is 16.5. The molecule has 1 aromatic heterocycles. The molecule has 1 aliphatic carbocycles. The summed E-state index contributed by atoms with van der Waals surface area (Å²) in [6.07, 6.45) is 2.72. The third-order valence-corrected chi connectivity index (χ3v) is 5.30. The van der Waals surface area contributed by atoms with Crippen LogP contribution in [0.2, 0.25) is 0 Å². The van der Waals surface area contributed by atoms with E-state index in [2.05, 4.69) is 29.2 Å². The SMILES string of the molecule is COc1cc(OC)c([C@H]2C3=C(CC(C)(C)CC3=O)Nc3ncnn32)cc1OC. The van der Waals surface area contributed by atoms with E-state index in [1.807, 2.05) is 6.07 Å². The Balaban J connectivity index is 1.95. The van der Waals surface area contributed by atoms with E-state index in [-0.39, 0.29) is 11.2 Å². The van der Waals surface area contributed by atoms with Gasteiger partial charge in [-0.3, -0.25) is 4.79 Å². The van der Waals surface area contributed by atoms with Gasteiger partial charge in [0.2, 0.25) is 5.95 Å². The Morgan fingerprint density at radius 3 is 2.43 bits per heavy atom. The second kappa shape index (κ2) is 6.54. The zero-order valence-corrected chi connectivity index (χ0v) is 16.7. The normalized spacial score (nSPS) is 20.2. The van der Waals surface area contributed by atoms with Crippen molar-refractivity contribution in [1.29, 1.82) is 0 Å². The Morgan fingerprint density at radius 2 is 1.75 bits per heavy atom. The van der Waals surface area contributed by atoms with Crippen molar-refractivity contribution in [2.24, 2.45) is 5.41 Å². The first-order valence-corrected chi connectivity index (χ1v) is 9.11. The van der Waals surface area contributed by atoms with Gasteiger partial charge in [0.1, 0.15) is 18.1 Å². The molecule has 0 radical (unpaired) electrons. The van der Waals surface area contributed by atoms with Gasteiger partial charge in [0.05, 0.1) is 21.3 Å². The van der Waals surface area contributed by atoms with Crippen LogP contribution in [0.4, 0.5) is 5.95 Å². The monoisotopic (exact) mass is 384 g/mol. The molecule has 148 valence electrons. The average Bonchev–Trinajstić information content (AvgIpc) is 3.12. The lowest BCUT2D eigenvalue weighted by Gasteiger charge is -2.38. The second-order valence-electron chi connectivity index (χ2n) is 7.84. The number of nitrogens with one attached hydrogen (secondary N) is 1. The molecule has 0 amide bonds. The number of anilines is 1. The van der Waals surface area contributed by atoms with Crippen LogP contribution in [-0.2, 0) is 4.79 Å². The number of carbonyl (C=O) groups excluding carboxylic acids is 1. The number of nitrogens with zero attached hydrogens (tertiary/aromatic N) is 3. The number of ketones is 1. The quantitative estimate of drug-likeness (QED) is 0.867. The number of hydrogen-bond acceptors (Lipinski definition) is 7. The largest absolute Gasteiger partial charge is 0.496 e. The highest BCUT2D eigenvalue weighted by Gasteiger charge is 2.42. The van der Waals surface area contributed by atoms with E-state index in [0.29, 0.717) is 35.2 Å². The Labute approximate surface area is 163 Å². The van der Waals surface area contributed by atoms with Gasteiger partial charge in [-0.1, -0.05) is 13.8 Å². The molecule has 0 unspecified atom stereocenters. The van der Waals surface area contributed by atoms with Crippen molar-refractivity contribution in [3.8, 4) is 17.2 Å². The molecular weight excluding hydrogens is 360 g/mol. The Kier molecular flexibility index (Phi) is 4.28. The molecule has 1 aliphatic heterocycles. The zero-order chi connectivity index (χ0) is 20.1. The van der Waals surface area contributed by atoms with Crippen LogP contribution in [0.3, 0.4) is 0 Å². The van der Waals surface area contributed by atoms with Crippen LogP contribution >= 0.6 is 0 Å². The molecule has 0 saturated heterocycles. The number of ether oxygens (including phenoxy) is 3. The third-order valence-electron chi connectivity index (χ3n) is 5.30. The maximum absolute atomic E-state index is 13.2. The number of fused-ring (bicyclic) bond motifs is 1. The molecule has 2 aromatic rings. The van der Waals surface area contributed by atoms with Gasteiger partial charge in [0, 0.05) is 29.3 Å². The van der Waals surface area contributed by atoms with E-state index in [1.165, 1.54) is 6.33 Å². The maximum Gasteiger partial charge on any atom is 0.226 e.